The van der Waals surface area contributed by atoms with Crippen LogP contribution in [0.25, 0.3) is 0 Å². The number of hydrogen-bond acceptors (Lipinski definition) is 4. The molecule has 26 heavy (non-hydrogen) atoms. The third-order valence-electron chi connectivity index (χ3n) is 4.59. The molecule has 0 atom stereocenters. The lowest BCUT2D eigenvalue weighted by molar-refractivity contribution is -0.120. The highest BCUT2D eigenvalue weighted by atomic mass is 16.5. The molecule has 138 valence electrons. The van der Waals surface area contributed by atoms with Crippen molar-refractivity contribution in [3.63, 3.8) is 0 Å². The first-order valence-electron chi connectivity index (χ1n) is 9.12. The van der Waals surface area contributed by atoms with Crippen molar-refractivity contribution < 1.29 is 14.3 Å². The van der Waals surface area contributed by atoms with Crippen molar-refractivity contribution in [1.82, 2.24) is 5.32 Å². The minimum absolute atomic E-state index is 0.101. The van der Waals surface area contributed by atoms with Crippen molar-refractivity contribution in [3.8, 4) is 11.5 Å². The van der Waals surface area contributed by atoms with Gasteiger partial charge in [-0.1, -0.05) is 12.1 Å². The van der Waals surface area contributed by atoms with Crippen LogP contribution >= 0.6 is 0 Å². The molecule has 5 heteroatoms. The van der Waals surface area contributed by atoms with Crippen LogP contribution in [0.1, 0.15) is 18.4 Å². The highest BCUT2D eigenvalue weighted by Gasteiger charge is 2.20. The Balaban J connectivity index is 1.53. The van der Waals surface area contributed by atoms with Crippen LogP contribution in [0.2, 0.25) is 0 Å². The summed E-state index contributed by atoms with van der Waals surface area (Å²) in [5.41, 5.74) is 2.02. The molecule has 2 N–H and O–H groups in total. The Morgan fingerprint density at radius 1 is 1.04 bits per heavy atom. The fourth-order valence-corrected chi connectivity index (χ4v) is 3.01. The van der Waals surface area contributed by atoms with Gasteiger partial charge in [-0.25, -0.2) is 0 Å². The van der Waals surface area contributed by atoms with Gasteiger partial charge in [0.2, 0.25) is 5.91 Å². The Bertz CT molecular complexity index is 692. The van der Waals surface area contributed by atoms with Crippen molar-refractivity contribution >= 4 is 11.6 Å². The highest BCUT2D eigenvalue weighted by molar-refractivity contribution is 5.92. The van der Waals surface area contributed by atoms with E-state index in [2.05, 4.69) is 10.6 Å². The lowest BCUT2D eigenvalue weighted by Crippen LogP contribution is -2.34. The Labute approximate surface area is 154 Å². The van der Waals surface area contributed by atoms with E-state index >= 15 is 0 Å². The summed E-state index contributed by atoms with van der Waals surface area (Å²) in [6, 6.07) is 15.5. The van der Waals surface area contributed by atoms with Crippen LogP contribution in [0.5, 0.6) is 11.5 Å². The largest absolute Gasteiger partial charge is 0.457 e. The average Bonchev–Trinajstić information content (AvgIpc) is 2.69. The highest BCUT2D eigenvalue weighted by Crippen LogP contribution is 2.24. The third kappa shape index (κ3) is 5.31. The minimum atomic E-state index is 0.101. The summed E-state index contributed by atoms with van der Waals surface area (Å²) in [6.07, 6.45) is 2.68. The predicted octanol–water partition coefficient (Wildman–Crippen LogP) is 3.61. The van der Waals surface area contributed by atoms with Crippen LogP contribution in [0.15, 0.2) is 48.5 Å². The number of carbonyl (C=O) groups excluding carboxylic acids is 1. The Morgan fingerprint density at radius 3 is 2.27 bits per heavy atom. The van der Waals surface area contributed by atoms with Gasteiger partial charge in [-0.2, -0.15) is 0 Å². The van der Waals surface area contributed by atoms with Crippen LogP contribution in [0.3, 0.4) is 0 Å². The van der Waals surface area contributed by atoms with Crippen LogP contribution in [-0.2, 0) is 16.0 Å². The van der Waals surface area contributed by atoms with E-state index in [9.17, 15) is 4.79 Å². The molecule has 5 nitrogen and oxygen atoms in total. The van der Waals surface area contributed by atoms with Gasteiger partial charge in [0.1, 0.15) is 11.5 Å². The molecular formula is C21H26N2O3. The van der Waals surface area contributed by atoms with E-state index in [1.165, 1.54) is 5.56 Å². The molecule has 0 unspecified atom stereocenters. The summed E-state index contributed by atoms with van der Waals surface area (Å²) in [5, 5.41) is 6.27. The summed E-state index contributed by atoms with van der Waals surface area (Å²) < 4.78 is 10.9. The van der Waals surface area contributed by atoms with E-state index in [1.807, 2.05) is 48.5 Å². The maximum Gasteiger partial charge on any atom is 0.227 e. The van der Waals surface area contributed by atoms with E-state index in [4.69, 9.17) is 9.47 Å². The molecule has 3 rings (SSSR count). The van der Waals surface area contributed by atoms with Crippen LogP contribution < -0.4 is 15.4 Å². The molecule has 0 saturated carbocycles. The van der Waals surface area contributed by atoms with Gasteiger partial charge < -0.3 is 20.1 Å². The molecule has 1 heterocycles. The van der Waals surface area contributed by atoms with Crippen molar-refractivity contribution in [2.45, 2.75) is 19.3 Å². The van der Waals surface area contributed by atoms with Gasteiger partial charge in [0.15, 0.2) is 0 Å². The van der Waals surface area contributed by atoms with Gasteiger partial charge >= 0.3 is 0 Å². The van der Waals surface area contributed by atoms with Gasteiger partial charge in [-0.15, -0.1) is 0 Å². The van der Waals surface area contributed by atoms with E-state index in [-0.39, 0.29) is 11.8 Å². The van der Waals surface area contributed by atoms with Crippen LogP contribution in [-0.4, -0.2) is 32.7 Å². The molecule has 2 aromatic rings. The van der Waals surface area contributed by atoms with E-state index in [1.54, 1.807) is 7.11 Å². The first-order valence-corrected chi connectivity index (χ1v) is 9.12. The number of anilines is 1. The SMILES string of the molecule is COCCc1ccc(Oc2ccc(NC(=O)C3CCNCC3)cc2)cc1. The zero-order valence-corrected chi connectivity index (χ0v) is 15.2. The zero-order valence-electron chi connectivity index (χ0n) is 15.2. The van der Waals surface area contributed by atoms with Gasteiger partial charge in [0.25, 0.3) is 0 Å². The van der Waals surface area contributed by atoms with E-state index in [0.717, 1.165) is 49.5 Å². The molecule has 1 fully saturated rings. The second-order valence-electron chi connectivity index (χ2n) is 6.53. The fraction of sp³-hybridized carbons (Fsp3) is 0.381. The topological polar surface area (TPSA) is 59.6 Å². The molecule has 0 aromatic heterocycles. The van der Waals surface area contributed by atoms with Crippen molar-refractivity contribution in [1.29, 1.82) is 0 Å². The molecule has 0 spiro atoms. The predicted molar refractivity (Wildman–Crippen MR) is 103 cm³/mol. The number of methoxy groups -OCH3 is 1. The number of carbonyl (C=O) groups is 1. The van der Waals surface area contributed by atoms with Gasteiger partial charge in [0, 0.05) is 18.7 Å². The minimum Gasteiger partial charge on any atom is -0.457 e. The third-order valence-corrected chi connectivity index (χ3v) is 4.59. The number of amides is 1. The number of nitrogens with one attached hydrogen (secondary N) is 2. The van der Waals surface area contributed by atoms with Crippen molar-refractivity contribution in [2.24, 2.45) is 5.92 Å². The zero-order chi connectivity index (χ0) is 18.2. The number of hydrogen-bond donors (Lipinski definition) is 2. The molecule has 1 aliphatic heterocycles. The fourth-order valence-electron chi connectivity index (χ4n) is 3.01. The number of benzene rings is 2. The standard InChI is InChI=1S/C21H26N2O3/c1-25-15-12-16-2-6-19(7-3-16)26-20-8-4-18(5-9-20)23-21(24)17-10-13-22-14-11-17/h2-9,17,22H,10-15H2,1H3,(H,23,24). The molecule has 1 aliphatic rings. The lowest BCUT2D eigenvalue weighted by atomic mass is 9.97. The molecule has 0 radical (unpaired) electrons. The first-order chi connectivity index (χ1) is 12.7. The lowest BCUT2D eigenvalue weighted by Gasteiger charge is -2.21. The summed E-state index contributed by atoms with van der Waals surface area (Å²) in [6.45, 7) is 2.54. The molecular weight excluding hydrogens is 328 g/mol. The van der Waals surface area contributed by atoms with Gasteiger partial charge in [0.05, 0.1) is 6.61 Å². The van der Waals surface area contributed by atoms with Crippen LogP contribution in [0.4, 0.5) is 5.69 Å². The second-order valence-corrected chi connectivity index (χ2v) is 6.53. The quantitative estimate of drug-likeness (QED) is 0.797. The number of ether oxygens (including phenoxy) is 2. The van der Waals surface area contributed by atoms with E-state index < -0.39 is 0 Å². The smallest absolute Gasteiger partial charge is 0.227 e. The second kappa shape index (κ2) is 9.36. The normalized spacial score (nSPS) is 14.8. The maximum atomic E-state index is 12.3. The van der Waals surface area contributed by atoms with Gasteiger partial charge in [-0.05, 0) is 74.3 Å². The van der Waals surface area contributed by atoms with Crippen molar-refractivity contribution in [2.75, 3.05) is 32.1 Å². The van der Waals surface area contributed by atoms with Crippen LogP contribution in [0, 0.1) is 5.92 Å². The molecule has 1 saturated heterocycles. The molecule has 1 amide bonds. The Hall–Kier alpha value is -2.37. The monoisotopic (exact) mass is 354 g/mol. The molecule has 0 bridgehead atoms. The summed E-state index contributed by atoms with van der Waals surface area (Å²) >= 11 is 0. The Morgan fingerprint density at radius 2 is 1.65 bits per heavy atom. The van der Waals surface area contributed by atoms with Gasteiger partial charge in [-0.3, -0.25) is 4.79 Å². The molecule has 0 aliphatic carbocycles. The first kappa shape index (κ1) is 18.4. The summed E-state index contributed by atoms with van der Waals surface area (Å²) in [4.78, 5) is 12.3. The number of rotatable bonds is 7. The van der Waals surface area contributed by atoms with E-state index in [0.29, 0.717) is 6.61 Å². The Kier molecular flexibility index (Phi) is 6.63. The average molecular weight is 354 g/mol. The number of piperidine rings is 1. The van der Waals surface area contributed by atoms with Crippen molar-refractivity contribution in [3.05, 3.63) is 54.1 Å². The summed E-state index contributed by atoms with van der Waals surface area (Å²) in [7, 11) is 1.70. The molecule has 2 aromatic carbocycles. The maximum absolute atomic E-state index is 12.3. The summed E-state index contributed by atoms with van der Waals surface area (Å²) in [5.74, 6) is 1.74.